The Hall–Kier alpha value is -1.25. The first-order valence-electron chi connectivity index (χ1n) is 3.87. The maximum absolute atomic E-state index is 10.5. The van der Waals surface area contributed by atoms with Crippen molar-refractivity contribution in [2.75, 3.05) is 0 Å². The number of rotatable bonds is 2. The van der Waals surface area contributed by atoms with E-state index in [1.807, 2.05) is 32.1 Å². The van der Waals surface area contributed by atoms with Crippen molar-refractivity contribution >= 4 is 19.3 Å². The van der Waals surface area contributed by atoms with Gasteiger partial charge >= 0.3 is 5.97 Å². The van der Waals surface area contributed by atoms with Crippen LogP contribution in [0.5, 0.6) is 0 Å². The number of ether oxygens (including phenoxy) is 1. The quantitative estimate of drug-likeness (QED) is 0.452. The molecule has 1 aromatic carbocycles. The fraction of sp³-hybridized carbons (Fsp3) is 0.222. The minimum Gasteiger partial charge on any atom is -0.461 e. The molecule has 62 valence electrons. The highest BCUT2D eigenvalue weighted by Crippen LogP contribution is 1.98. The van der Waals surface area contributed by atoms with Gasteiger partial charge in [-0.15, -0.1) is 0 Å². The van der Waals surface area contributed by atoms with Crippen LogP contribution in [0.15, 0.2) is 24.3 Å². The largest absolute Gasteiger partial charge is 0.461 e. The third kappa shape index (κ3) is 2.78. The van der Waals surface area contributed by atoms with Crippen LogP contribution in [0.1, 0.15) is 12.5 Å². The van der Waals surface area contributed by atoms with Crippen molar-refractivity contribution in [3.8, 4) is 0 Å². The Morgan fingerprint density at radius 3 is 2.50 bits per heavy atom. The maximum atomic E-state index is 10.5. The summed E-state index contributed by atoms with van der Waals surface area (Å²) in [6, 6.07) is 7.91. The van der Waals surface area contributed by atoms with E-state index in [9.17, 15) is 4.79 Å². The van der Waals surface area contributed by atoms with Crippen LogP contribution < -0.4 is 5.46 Å². The zero-order valence-electron chi connectivity index (χ0n) is 7.33. The van der Waals surface area contributed by atoms with Crippen molar-refractivity contribution < 1.29 is 9.53 Å². The minimum absolute atomic E-state index is 0.240. The average molecular weight is 162 g/mol. The lowest BCUT2D eigenvalue weighted by Gasteiger charge is -2.01. The van der Waals surface area contributed by atoms with Gasteiger partial charge in [-0.1, -0.05) is 29.7 Å². The van der Waals surface area contributed by atoms with Crippen LogP contribution in [-0.2, 0) is 16.1 Å². The first-order valence-corrected chi connectivity index (χ1v) is 3.87. The van der Waals surface area contributed by atoms with Gasteiger partial charge in [0, 0.05) is 6.92 Å². The van der Waals surface area contributed by atoms with Crippen molar-refractivity contribution in [2.24, 2.45) is 0 Å². The lowest BCUT2D eigenvalue weighted by Crippen LogP contribution is -2.03. The van der Waals surface area contributed by atoms with Gasteiger partial charge in [0.05, 0.1) is 0 Å². The van der Waals surface area contributed by atoms with Crippen LogP contribution in [-0.4, -0.2) is 13.8 Å². The number of hydrogen-bond donors (Lipinski definition) is 0. The van der Waals surface area contributed by atoms with Gasteiger partial charge in [0.2, 0.25) is 0 Å². The molecule has 0 N–H and O–H groups in total. The molecule has 0 aliphatic heterocycles. The predicted octanol–water partition coefficient (Wildman–Crippen LogP) is 0.00810. The van der Waals surface area contributed by atoms with Crippen LogP contribution >= 0.6 is 0 Å². The zero-order valence-corrected chi connectivity index (χ0v) is 7.33. The molecule has 0 bridgehead atoms. The highest BCUT2D eigenvalue weighted by Gasteiger charge is 1.94. The number of hydrogen-bond acceptors (Lipinski definition) is 2. The van der Waals surface area contributed by atoms with E-state index in [0.29, 0.717) is 6.61 Å². The Morgan fingerprint density at radius 2 is 2.00 bits per heavy atom. The van der Waals surface area contributed by atoms with Crippen molar-refractivity contribution in [3.63, 3.8) is 0 Å². The van der Waals surface area contributed by atoms with Crippen LogP contribution in [0.25, 0.3) is 0 Å². The minimum atomic E-state index is -0.240. The first-order chi connectivity index (χ1) is 5.68. The Labute approximate surface area is 73.0 Å². The fourth-order valence-electron chi connectivity index (χ4n) is 0.869. The van der Waals surface area contributed by atoms with E-state index in [-0.39, 0.29) is 5.97 Å². The van der Waals surface area contributed by atoms with Gasteiger partial charge in [-0.05, 0) is 5.56 Å². The summed E-state index contributed by atoms with van der Waals surface area (Å²) in [7, 11) is 2.02. The van der Waals surface area contributed by atoms with E-state index in [0.717, 1.165) is 5.56 Å². The molecule has 12 heavy (non-hydrogen) atoms. The Bertz CT molecular complexity index is 266. The van der Waals surface area contributed by atoms with Crippen molar-refractivity contribution in [3.05, 3.63) is 29.8 Å². The molecule has 0 atom stereocenters. The number of benzene rings is 1. The second kappa shape index (κ2) is 3.95. The summed E-state index contributed by atoms with van der Waals surface area (Å²) in [5, 5.41) is 0. The standard InChI is InChI=1S/C9H11BO2/c1-7(11)12-6-8-2-4-9(10)5-3-8/h2-5H,6,10H2,1H3. The molecule has 3 heteroatoms. The third-order valence-corrected chi connectivity index (χ3v) is 1.56. The van der Waals surface area contributed by atoms with E-state index in [2.05, 4.69) is 0 Å². The van der Waals surface area contributed by atoms with E-state index < -0.39 is 0 Å². The molecule has 0 spiro atoms. The van der Waals surface area contributed by atoms with Crippen LogP contribution in [0, 0.1) is 0 Å². The Kier molecular flexibility index (Phi) is 2.91. The fourth-order valence-corrected chi connectivity index (χ4v) is 0.869. The average Bonchev–Trinajstić information content (AvgIpc) is 2.03. The molecule has 0 fully saturated rings. The summed E-state index contributed by atoms with van der Waals surface area (Å²) in [6.45, 7) is 1.78. The van der Waals surface area contributed by atoms with E-state index in [4.69, 9.17) is 4.74 Å². The molecular formula is C9H11BO2. The highest BCUT2D eigenvalue weighted by atomic mass is 16.5. The smallest absolute Gasteiger partial charge is 0.302 e. The topological polar surface area (TPSA) is 26.3 Å². The maximum Gasteiger partial charge on any atom is 0.302 e. The molecule has 0 aliphatic carbocycles. The lowest BCUT2D eigenvalue weighted by atomic mass is 9.95. The molecule has 1 rings (SSSR count). The van der Waals surface area contributed by atoms with Gasteiger partial charge in [0.1, 0.15) is 14.5 Å². The normalized spacial score (nSPS) is 9.42. The molecule has 0 aliphatic rings. The zero-order chi connectivity index (χ0) is 8.97. The number of carbonyl (C=O) groups is 1. The van der Waals surface area contributed by atoms with Crippen LogP contribution in [0.4, 0.5) is 0 Å². The van der Waals surface area contributed by atoms with E-state index >= 15 is 0 Å². The van der Waals surface area contributed by atoms with Crippen molar-refractivity contribution in [1.82, 2.24) is 0 Å². The summed E-state index contributed by atoms with van der Waals surface area (Å²) >= 11 is 0. The van der Waals surface area contributed by atoms with Gasteiger partial charge in [0.15, 0.2) is 0 Å². The first kappa shape index (κ1) is 8.85. The van der Waals surface area contributed by atoms with Gasteiger partial charge in [-0.25, -0.2) is 0 Å². The van der Waals surface area contributed by atoms with E-state index in [1.54, 1.807) is 0 Å². The molecule has 0 aromatic heterocycles. The monoisotopic (exact) mass is 162 g/mol. The number of carbonyl (C=O) groups excluding carboxylic acids is 1. The van der Waals surface area contributed by atoms with Gasteiger partial charge in [-0.3, -0.25) is 4.79 Å². The third-order valence-electron chi connectivity index (χ3n) is 1.56. The SMILES string of the molecule is Bc1ccc(COC(C)=O)cc1. The Balaban J connectivity index is 2.53. The molecule has 0 heterocycles. The number of esters is 1. The summed E-state index contributed by atoms with van der Waals surface area (Å²) in [5.74, 6) is -0.240. The van der Waals surface area contributed by atoms with E-state index in [1.165, 1.54) is 12.4 Å². The second-order valence-corrected chi connectivity index (χ2v) is 2.77. The van der Waals surface area contributed by atoms with Gasteiger partial charge < -0.3 is 4.74 Å². The molecule has 1 aromatic rings. The predicted molar refractivity (Wildman–Crippen MR) is 50.1 cm³/mol. The summed E-state index contributed by atoms with van der Waals surface area (Å²) in [6.07, 6.45) is 0. The molecule has 0 saturated carbocycles. The van der Waals surface area contributed by atoms with Crippen LogP contribution in [0.3, 0.4) is 0 Å². The molecule has 0 radical (unpaired) electrons. The molecule has 0 saturated heterocycles. The molecule has 0 amide bonds. The van der Waals surface area contributed by atoms with Crippen LogP contribution in [0.2, 0.25) is 0 Å². The van der Waals surface area contributed by atoms with Crippen molar-refractivity contribution in [2.45, 2.75) is 13.5 Å². The summed E-state index contributed by atoms with van der Waals surface area (Å²) in [4.78, 5) is 10.5. The highest BCUT2D eigenvalue weighted by molar-refractivity contribution is 6.32. The summed E-state index contributed by atoms with van der Waals surface area (Å²) in [5.41, 5.74) is 2.23. The lowest BCUT2D eigenvalue weighted by molar-refractivity contribution is -0.142. The molecule has 2 nitrogen and oxygen atoms in total. The van der Waals surface area contributed by atoms with Crippen molar-refractivity contribution in [1.29, 1.82) is 0 Å². The van der Waals surface area contributed by atoms with Gasteiger partial charge in [-0.2, -0.15) is 0 Å². The molecule has 0 unspecified atom stereocenters. The molecular weight excluding hydrogens is 151 g/mol. The second-order valence-electron chi connectivity index (χ2n) is 2.77. The van der Waals surface area contributed by atoms with Gasteiger partial charge in [0.25, 0.3) is 0 Å². The summed E-state index contributed by atoms with van der Waals surface area (Å²) < 4.78 is 4.83. The Morgan fingerprint density at radius 1 is 1.42 bits per heavy atom.